The van der Waals surface area contributed by atoms with Crippen LogP contribution in [-0.2, 0) is 6.42 Å². The standard InChI is InChI=1S/C22H23FN4O2/c1-15-21(24-25-27(15)19-8-4-10-20(14-19)29-2)22(28)26-11-5-9-18(26)13-16-6-3-7-17(23)12-16/h3-4,6-8,10,12,14,18H,5,9,11,13H2,1-2H3. The molecule has 1 aromatic heterocycles. The molecule has 1 aliphatic heterocycles. The zero-order valence-electron chi connectivity index (χ0n) is 16.5. The molecule has 0 spiro atoms. The van der Waals surface area contributed by atoms with Crippen LogP contribution >= 0.6 is 0 Å². The first-order chi connectivity index (χ1) is 14.1. The SMILES string of the molecule is COc1cccc(-n2nnc(C(=O)N3CCCC3Cc3cccc(F)c3)c2C)c1. The topological polar surface area (TPSA) is 60.2 Å². The van der Waals surface area contributed by atoms with E-state index in [0.717, 1.165) is 24.1 Å². The van der Waals surface area contributed by atoms with Crippen molar-refractivity contribution in [1.82, 2.24) is 19.9 Å². The lowest BCUT2D eigenvalue weighted by Gasteiger charge is -2.24. The summed E-state index contributed by atoms with van der Waals surface area (Å²) in [5.41, 5.74) is 2.70. The highest BCUT2D eigenvalue weighted by Crippen LogP contribution is 2.25. The lowest BCUT2D eigenvalue weighted by Crippen LogP contribution is -2.37. The zero-order valence-corrected chi connectivity index (χ0v) is 16.5. The van der Waals surface area contributed by atoms with Gasteiger partial charge in [0.15, 0.2) is 5.69 Å². The van der Waals surface area contributed by atoms with Crippen molar-refractivity contribution in [2.75, 3.05) is 13.7 Å². The zero-order chi connectivity index (χ0) is 20.4. The number of rotatable bonds is 5. The fourth-order valence-corrected chi connectivity index (χ4v) is 3.90. The van der Waals surface area contributed by atoms with Gasteiger partial charge in [-0.2, -0.15) is 0 Å². The maximum atomic E-state index is 13.5. The van der Waals surface area contributed by atoms with E-state index in [2.05, 4.69) is 10.3 Å². The Morgan fingerprint density at radius 2 is 2.07 bits per heavy atom. The number of benzene rings is 2. The van der Waals surface area contributed by atoms with Crippen molar-refractivity contribution in [3.05, 3.63) is 71.3 Å². The average molecular weight is 394 g/mol. The number of carbonyl (C=O) groups excluding carboxylic acids is 1. The molecule has 1 unspecified atom stereocenters. The fourth-order valence-electron chi connectivity index (χ4n) is 3.90. The Labute approximate surface area is 168 Å². The first kappa shape index (κ1) is 19.1. The molecular weight excluding hydrogens is 371 g/mol. The number of nitrogens with zero attached hydrogens (tertiary/aromatic N) is 4. The summed E-state index contributed by atoms with van der Waals surface area (Å²) in [4.78, 5) is 15.1. The predicted octanol–water partition coefficient (Wildman–Crippen LogP) is 3.57. The van der Waals surface area contributed by atoms with E-state index in [1.54, 1.807) is 17.9 Å². The maximum absolute atomic E-state index is 13.5. The molecule has 0 radical (unpaired) electrons. The van der Waals surface area contributed by atoms with Crippen LogP contribution < -0.4 is 4.74 Å². The van der Waals surface area contributed by atoms with Gasteiger partial charge in [-0.15, -0.1) is 5.10 Å². The van der Waals surface area contributed by atoms with Crippen LogP contribution in [0, 0.1) is 12.7 Å². The molecule has 2 heterocycles. The molecule has 1 amide bonds. The third kappa shape index (κ3) is 3.85. The molecule has 29 heavy (non-hydrogen) atoms. The van der Waals surface area contributed by atoms with E-state index in [1.807, 2.05) is 42.2 Å². The predicted molar refractivity (Wildman–Crippen MR) is 107 cm³/mol. The highest BCUT2D eigenvalue weighted by molar-refractivity contribution is 5.93. The average Bonchev–Trinajstić information content (AvgIpc) is 3.34. The van der Waals surface area contributed by atoms with E-state index < -0.39 is 0 Å². The van der Waals surface area contributed by atoms with Gasteiger partial charge in [0.25, 0.3) is 5.91 Å². The van der Waals surface area contributed by atoms with Crippen molar-refractivity contribution in [3.8, 4) is 11.4 Å². The number of hydrogen-bond donors (Lipinski definition) is 0. The first-order valence-corrected chi connectivity index (χ1v) is 9.69. The third-order valence-corrected chi connectivity index (χ3v) is 5.39. The summed E-state index contributed by atoms with van der Waals surface area (Å²) >= 11 is 0. The van der Waals surface area contributed by atoms with E-state index in [-0.39, 0.29) is 17.8 Å². The van der Waals surface area contributed by atoms with E-state index in [1.165, 1.54) is 12.1 Å². The van der Waals surface area contributed by atoms with Crippen molar-refractivity contribution < 1.29 is 13.9 Å². The van der Waals surface area contributed by atoms with Gasteiger partial charge in [0.1, 0.15) is 11.6 Å². The third-order valence-electron chi connectivity index (χ3n) is 5.39. The first-order valence-electron chi connectivity index (χ1n) is 9.69. The highest BCUT2D eigenvalue weighted by atomic mass is 19.1. The summed E-state index contributed by atoms with van der Waals surface area (Å²) in [6.45, 7) is 2.51. The maximum Gasteiger partial charge on any atom is 0.276 e. The smallest absolute Gasteiger partial charge is 0.276 e. The molecule has 1 aliphatic rings. The van der Waals surface area contributed by atoms with Gasteiger partial charge in [0, 0.05) is 18.7 Å². The fraction of sp³-hybridized carbons (Fsp3) is 0.318. The largest absolute Gasteiger partial charge is 0.497 e. The Bertz CT molecular complexity index is 1030. The van der Waals surface area contributed by atoms with Crippen LogP contribution in [0.5, 0.6) is 5.75 Å². The Hall–Kier alpha value is -3.22. The lowest BCUT2D eigenvalue weighted by molar-refractivity contribution is 0.0729. The minimum atomic E-state index is -0.254. The molecule has 1 saturated heterocycles. The number of hydrogen-bond acceptors (Lipinski definition) is 4. The molecule has 2 aromatic carbocycles. The monoisotopic (exact) mass is 394 g/mol. The second-order valence-electron chi connectivity index (χ2n) is 7.27. The van der Waals surface area contributed by atoms with Crippen LogP contribution in [0.2, 0.25) is 0 Å². The summed E-state index contributed by atoms with van der Waals surface area (Å²) < 4.78 is 20.4. The van der Waals surface area contributed by atoms with Gasteiger partial charge in [-0.25, -0.2) is 9.07 Å². The second-order valence-corrected chi connectivity index (χ2v) is 7.27. The molecule has 0 saturated carbocycles. The van der Waals surface area contributed by atoms with Crippen LogP contribution in [0.25, 0.3) is 5.69 Å². The number of amides is 1. The summed E-state index contributed by atoms with van der Waals surface area (Å²) in [7, 11) is 1.61. The van der Waals surface area contributed by atoms with Crippen molar-refractivity contribution in [2.24, 2.45) is 0 Å². The molecule has 7 heteroatoms. The van der Waals surface area contributed by atoms with Crippen molar-refractivity contribution in [2.45, 2.75) is 32.2 Å². The number of aromatic nitrogens is 3. The molecule has 3 aromatic rings. The number of halogens is 1. The van der Waals surface area contributed by atoms with Crippen LogP contribution in [-0.4, -0.2) is 45.5 Å². The summed E-state index contributed by atoms with van der Waals surface area (Å²) in [6.07, 6.45) is 2.45. The summed E-state index contributed by atoms with van der Waals surface area (Å²) in [5.74, 6) is 0.325. The van der Waals surface area contributed by atoms with E-state index in [9.17, 15) is 9.18 Å². The number of likely N-dealkylation sites (tertiary alicyclic amines) is 1. The Balaban J connectivity index is 1.56. The summed E-state index contributed by atoms with van der Waals surface area (Å²) in [5, 5.41) is 8.36. The number of carbonyl (C=O) groups is 1. The molecule has 0 N–H and O–H groups in total. The Morgan fingerprint density at radius 3 is 2.86 bits per heavy atom. The van der Waals surface area contributed by atoms with Crippen LogP contribution in [0.4, 0.5) is 4.39 Å². The van der Waals surface area contributed by atoms with Gasteiger partial charge in [-0.1, -0.05) is 23.4 Å². The second kappa shape index (κ2) is 8.03. The summed E-state index contributed by atoms with van der Waals surface area (Å²) in [6, 6.07) is 14.1. The van der Waals surface area contributed by atoms with Gasteiger partial charge in [-0.3, -0.25) is 4.79 Å². The van der Waals surface area contributed by atoms with E-state index in [0.29, 0.717) is 30.1 Å². The quantitative estimate of drug-likeness (QED) is 0.664. The molecule has 1 fully saturated rings. The lowest BCUT2D eigenvalue weighted by atomic mass is 10.0. The molecular formula is C22H23FN4O2. The normalized spacial score (nSPS) is 16.2. The van der Waals surface area contributed by atoms with Gasteiger partial charge in [0.2, 0.25) is 0 Å². The Morgan fingerprint density at radius 1 is 1.24 bits per heavy atom. The minimum absolute atomic E-state index is 0.0330. The Kier molecular flexibility index (Phi) is 5.29. The minimum Gasteiger partial charge on any atom is -0.497 e. The molecule has 0 bridgehead atoms. The van der Waals surface area contributed by atoms with Crippen LogP contribution in [0.1, 0.15) is 34.6 Å². The van der Waals surface area contributed by atoms with E-state index in [4.69, 9.17) is 4.74 Å². The molecule has 4 rings (SSSR count). The van der Waals surface area contributed by atoms with Gasteiger partial charge in [-0.05, 0) is 56.0 Å². The van der Waals surface area contributed by atoms with Gasteiger partial charge < -0.3 is 9.64 Å². The molecule has 6 nitrogen and oxygen atoms in total. The molecule has 0 aliphatic carbocycles. The van der Waals surface area contributed by atoms with Crippen LogP contribution in [0.15, 0.2) is 48.5 Å². The van der Waals surface area contributed by atoms with Crippen molar-refractivity contribution >= 4 is 5.91 Å². The number of ether oxygens (including phenoxy) is 1. The van der Waals surface area contributed by atoms with Gasteiger partial charge >= 0.3 is 0 Å². The van der Waals surface area contributed by atoms with E-state index >= 15 is 0 Å². The molecule has 1 atom stereocenters. The van der Waals surface area contributed by atoms with Crippen LogP contribution in [0.3, 0.4) is 0 Å². The highest BCUT2D eigenvalue weighted by Gasteiger charge is 2.32. The number of methoxy groups -OCH3 is 1. The van der Waals surface area contributed by atoms with Gasteiger partial charge in [0.05, 0.1) is 18.5 Å². The molecule has 150 valence electrons. The van der Waals surface area contributed by atoms with Crippen molar-refractivity contribution in [1.29, 1.82) is 0 Å². The van der Waals surface area contributed by atoms with Crippen molar-refractivity contribution in [3.63, 3.8) is 0 Å².